The number of aliphatic hydroxyl groups is 1. The van der Waals surface area contributed by atoms with E-state index in [4.69, 9.17) is 5.11 Å². The van der Waals surface area contributed by atoms with E-state index >= 15 is 0 Å². The summed E-state index contributed by atoms with van der Waals surface area (Å²) in [6, 6.07) is 5.73. The molecule has 4 saturated carbocycles. The van der Waals surface area contributed by atoms with Crippen LogP contribution in [0.1, 0.15) is 49.9 Å². The molecule has 0 amide bonds. The summed E-state index contributed by atoms with van der Waals surface area (Å²) in [5, 5.41) is 9.15. The highest BCUT2D eigenvalue weighted by atomic mass is 16.3. The van der Waals surface area contributed by atoms with Gasteiger partial charge in [-0.2, -0.15) is 0 Å². The lowest BCUT2D eigenvalue weighted by Crippen LogP contribution is -2.45. The number of pyridine rings is 1. The molecule has 2 heteroatoms. The van der Waals surface area contributed by atoms with Gasteiger partial charge < -0.3 is 5.11 Å². The normalized spacial score (nSPS) is 37.5. The number of hydrogen-bond acceptors (Lipinski definition) is 2. The highest BCUT2D eigenvalue weighted by Gasteiger charge is 2.50. The highest BCUT2D eigenvalue weighted by Crippen LogP contribution is 2.59. The lowest BCUT2D eigenvalue weighted by Gasteiger charge is -2.54. The van der Waals surface area contributed by atoms with E-state index in [-0.39, 0.29) is 12.0 Å². The van der Waals surface area contributed by atoms with Gasteiger partial charge in [-0.05, 0) is 74.3 Å². The van der Waals surface area contributed by atoms with E-state index in [1.807, 2.05) is 18.2 Å². The predicted octanol–water partition coefficient (Wildman–Crippen LogP) is 3.14. The molecule has 1 aromatic rings. The summed E-state index contributed by atoms with van der Waals surface area (Å²) in [6.07, 6.45) is 8.31. The molecule has 0 spiro atoms. The van der Waals surface area contributed by atoms with Gasteiger partial charge in [0.15, 0.2) is 0 Å². The van der Waals surface area contributed by atoms with Crippen molar-refractivity contribution < 1.29 is 5.11 Å². The summed E-state index contributed by atoms with van der Waals surface area (Å²) in [5.74, 6) is 9.72. The molecule has 0 aromatic carbocycles. The number of aromatic nitrogens is 1. The molecule has 5 rings (SSSR count). The maximum absolute atomic E-state index is 9.15. The van der Waals surface area contributed by atoms with Crippen LogP contribution in [0.4, 0.5) is 0 Å². The standard InChI is InChI=1S/C18H21NO/c20-12-17-3-1-2-16(19-17)4-5-18-9-13-6-14(10-18)8-15(7-13)11-18/h1-3,13-15,20H,6-12H2. The van der Waals surface area contributed by atoms with Gasteiger partial charge in [-0.3, -0.25) is 0 Å². The molecule has 1 N–H and O–H groups in total. The molecule has 1 aromatic heterocycles. The molecule has 104 valence electrons. The van der Waals surface area contributed by atoms with Crippen LogP contribution in [0.3, 0.4) is 0 Å². The van der Waals surface area contributed by atoms with E-state index < -0.39 is 0 Å². The maximum Gasteiger partial charge on any atom is 0.113 e. The Labute approximate surface area is 120 Å². The average molecular weight is 267 g/mol. The van der Waals surface area contributed by atoms with Crippen molar-refractivity contribution in [2.75, 3.05) is 0 Å². The molecule has 4 fully saturated rings. The third-order valence-electron chi connectivity index (χ3n) is 5.46. The highest BCUT2D eigenvalue weighted by molar-refractivity contribution is 5.32. The summed E-state index contributed by atoms with van der Waals surface area (Å²) >= 11 is 0. The zero-order valence-corrected chi connectivity index (χ0v) is 11.8. The number of aliphatic hydroxyl groups excluding tert-OH is 1. The molecular formula is C18H21NO. The van der Waals surface area contributed by atoms with Gasteiger partial charge >= 0.3 is 0 Å². The Balaban J connectivity index is 1.61. The number of hydrogen-bond donors (Lipinski definition) is 1. The molecule has 0 aliphatic heterocycles. The van der Waals surface area contributed by atoms with Crippen LogP contribution in [0.15, 0.2) is 18.2 Å². The SMILES string of the molecule is OCc1cccc(C#CC23CC4CC(CC(C4)C2)C3)n1. The fourth-order valence-electron chi connectivity index (χ4n) is 5.10. The Morgan fingerprint density at radius 3 is 2.35 bits per heavy atom. The van der Waals surface area contributed by atoms with Crippen LogP contribution in [-0.4, -0.2) is 10.1 Å². The summed E-state index contributed by atoms with van der Waals surface area (Å²) < 4.78 is 0. The van der Waals surface area contributed by atoms with Crippen LogP contribution in [0.2, 0.25) is 0 Å². The minimum absolute atomic E-state index is 0.00706. The molecule has 0 unspecified atom stereocenters. The van der Waals surface area contributed by atoms with Crippen molar-refractivity contribution in [1.29, 1.82) is 0 Å². The minimum atomic E-state index is -0.00706. The van der Waals surface area contributed by atoms with Crippen LogP contribution in [-0.2, 0) is 6.61 Å². The molecule has 0 radical (unpaired) electrons. The van der Waals surface area contributed by atoms with Crippen molar-refractivity contribution in [2.45, 2.75) is 45.1 Å². The third-order valence-corrected chi connectivity index (χ3v) is 5.46. The van der Waals surface area contributed by atoms with Crippen molar-refractivity contribution in [1.82, 2.24) is 4.98 Å². The quantitative estimate of drug-likeness (QED) is 0.793. The summed E-state index contributed by atoms with van der Waals surface area (Å²) in [7, 11) is 0. The first-order valence-electron chi connectivity index (χ1n) is 7.85. The van der Waals surface area contributed by atoms with Crippen molar-refractivity contribution in [2.24, 2.45) is 23.2 Å². The van der Waals surface area contributed by atoms with Gasteiger partial charge in [0.05, 0.1) is 12.3 Å². The molecular weight excluding hydrogens is 246 g/mol. The lowest BCUT2D eigenvalue weighted by atomic mass is 9.50. The lowest BCUT2D eigenvalue weighted by molar-refractivity contribution is -0.0181. The van der Waals surface area contributed by atoms with Crippen LogP contribution in [0.5, 0.6) is 0 Å². The minimum Gasteiger partial charge on any atom is -0.390 e. The van der Waals surface area contributed by atoms with E-state index in [0.29, 0.717) is 5.69 Å². The Morgan fingerprint density at radius 2 is 1.75 bits per heavy atom. The zero-order chi connectivity index (χ0) is 13.6. The first-order valence-corrected chi connectivity index (χ1v) is 7.85. The molecule has 20 heavy (non-hydrogen) atoms. The molecule has 4 aliphatic carbocycles. The second-order valence-corrected chi connectivity index (χ2v) is 7.12. The number of nitrogens with zero attached hydrogens (tertiary/aromatic N) is 1. The van der Waals surface area contributed by atoms with Gasteiger partial charge in [0.1, 0.15) is 5.69 Å². The molecule has 4 bridgehead atoms. The van der Waals surface area contributed by atoms with Gasteiger partial charge in [-0.1, -0.05) is 12.0 Å². The van der Waals surface area contributed by atoms with Crippen LogP contribution in [0.25, 0.3) is 0 Å². The van der Waals surface area contributed by atoms with E-state index in [1.165, 1.54) is 38.5 Å². The monoisotopic (exact) mass is 267 g/mol. The van der Waals surface area contributed by atoms with Crippen LogP contribution < -0.4 is 0 Å². The Morgan fingerprint density at radius 1 is 1.10 bits per heavy atom. The maximum atomic E-state index is 9.15. The Hall–Kier alpha value is -1.33. The van der Waals surface area contributed by atoms with Crippen molar-refractivity contribution in [3.63, 3.8) is 0 Å². The van der Waals surface area contributed by atoms with Gasteiger partial charge in [-0.25, -0.2) is 4.98 Å². The average Bonchev–Trinajstić information content (AvgIpc) is 2.44. The molecule has 0 atom stereocenters. The first-order chi connectivity index (χ1) is 9.75. The van der Waals surface area contributed by atoms with E-state index in [2.05, 4.69) is 16.8 Å². The number of rotatable bonds is 1. The Bertz CT molecular complexity index is 545. The molecule has 4 aliphatic rings. The predicted molar refractivity (Wildman–Crippen MR) is 77.6 cm³/mol. The van der Waals surface area contributed by atoms with Crippen molar-refractivity contribution in [3.05, 3.63) is 29.6 Å². The van der Waals surface area contributed by atoms with Crippen LogP contribution in [0, 0.1) is 35.0 Å². The van der Waals surface area contributed by atoms with Gasteiger partial charge in [0.25, 0.3) is 0 Å². The first kappa shape index (κ1) is 12.4. The molecule has 0 saturated heterocycles. The second kappa shape index (κ2) is 4.60. The van der Waals surface area contributed by atoms with Gasteiger partial charge in [0, 0.05) is 5.41 Å². The summed E-state index contributed by atoms with van der Waals surface area (Å²) in [5.41, 5.74) is 1.81. The summed E-state index contributed by atoms with van der Waals surface area (Å²) in [4.78, 5) is 4.38. The van der Waals surface area contributed by atoms with Crippen molar-refractivity contribution >= 4 is 0 Å². The Kier molecular flexibility index (Phi) is 2.86. The topological polar surface area (TPSA) is 33.1 Å². The largest absolute Gasteiger partial charge is 0.390 e. The zero-order valence-electron chi connectivity index (χ0n) is 11.8. The van der Waals surface area contributed by atoms with E-state index in [0.717, 1.165) is 23.4 Å². The second-order valence-electron chi connectivity index (χ2n) is 7.12. The van der Waals surface area contributed by atoms with Gasteiger partial charge in [-0.15, -0.1) is 0 Å². The van der Waals surface area contributed by atoms with Gasteiger partial charge in [0.2, 0.25) is 0 Å². The van der Waals surface area contributed by atoms with E-state index in [1.54, 1.807) is 0 Å². The van der Waals surface area contributed by atoms with Crippen molar-refractivity contribution in [3.8, 4) is 11.8 Å². The smallest absolute Gasteiger partial charge is 0.113 e. The third kappa shape index (κ3) is 2.15. The fraction of sp³-hybridized carbons (Fsp3) is 0.611. The summed E-state index contributed by atoms with van der Waals surface area (Å²) in [6.45, 7) is -0.00706. The molecule has 1 heterocycles. The van der Waals surface area contributed by atoms with Crippen LogP contribution >= 0.6 is 0 Å². The van der Waals surface area contributed by atoms with E-state index in [9.17, 15) is 0 Å². The fourth-order valence-corrected chi connectivity index (χ4v) is 5.10. The molecule has 2 nitrogen and oxygen atoms in total.